The number of hydrogen-bond donors (Lipinski definition) is 1. The highest BCUT2D eigenvalue weighted by atomic mass is 16.2. The van der Waals surface area contributed by atoms with Gasteiger partial charge in [0.2, 0.25) is 5.91 Å². The van der Waals surface area contributed by atoms with Gasteiger partial charge in [0.25, 0.3) is 0 Å². The molecule has 3 rings (SSSR count). The lowest BCUT2D eigenvalue weighted by atomic mass is 9.79. The van der Waals surface area contributed by atoms with Crippen molar-refractivity contribution < 1.29 is 4.79 Å². The van der Waals surface area contributed by atoms with Gasteiger partial charge in [0.15, 0.2) is 0 Å². The third kappa shape index (κ3) is 3.65. The molecule has 4 heteroatoms. The van der Waals surface area contributed by atoms with E-state index in [0.29, 0.717) is 5.91 Å². The van der Waals surface area contributed by atoms with E-state index in [1.165, 1.54) is 25.7 Å². The lowest BCUT2D eigenvalue weighted by Crippen LogP contribution is -2.55. The summed E-state index contributed by atoms with van der Waals surface area (Å²) in [6, 6.07) is 0.880. The van der Waals surface area contributed by atoms with Crippen molar-refractivity contribution in [2.75, 3.05) is 32.7 Å². The van der Waals surface area contributed by atoms with Crippen LogP contribution in [-0.2, 0) is 4.79 Å². The molecular formula is C18H33N3O. The molecule has 1 aliphatic carbocycles. The van der Waals surface area contributed by atoms with Crippen LogP contribution in [0.3, 0.4) is 0 Å². The molecule has 4 nitrogen and oxygen atoms in total. The van der Waals surface area contributed by atoms with Crippen LogP contribution in [-0.4, -0.2) is 60.5 Å². The van der Waals surface area contributed by atoms with Crippen LogP contribution in [0.5, 0.6) is 0 Å². The molecule has 0 unspecified atom stereocenters. The summed E-state index contributed by atoms with van der Waals surface area (Å²) < 4.78 is 0. The van der Waals surface area contributed by atoms with E-state index >= 15 is 0 Å². The Hall–Kier alpha value is -0.610. The van der Waals surface area contributed by atoms with Crippen LogP contribution < -0.4 is 5.32 Å². The molecule has 3 fully saturated rings. The fraction of sp³-hybridized carbons (Fsp3) is 0.944. The van der Waals surface area contributed by atoms with Crippen molar-refractivity contribution in [2.24, 2.45) is 11.8 Å². The molecule has 126 valence electrons. The van der Waals surface area contributed by atoms with E-state index < -0.39 is 0 Å². The SMILES string of the molecule is CC(C)C1CCC(N2CCN(C(=O)[C@@H]3CCCN3)CC2)CC1. The molecule has 0 bridgehead atoms. The molecular weight excluding hydrogens is 274 g/mol. The summed E-state index contributed by atoms with van der Waals surface area (Å²) in [5, 5.41) is 3.34. The summed E-state index contributed by atoms with van der Waals surface area (Å²) in [5.41, 5.74) is 0. The first-order valence-electron chi connectivity index (χ1n) is 9.41. The van der Waals surface area contributed by atoms with Crippen molar-refractivity contribution in [3.8, 4) is 0 Å². The van der Waals surface area contributed by atoms with Crippen molar-refractivity contribution in [3.63, 3.8) is 0 Å². The van der Waals surface area contributed by atoms with E-state index in [4.69, 9.17) is 0 Å². The number of nitrogens with zero attached hydrogens (tertiary/aromatic N) is 2. The highest BCUT2D eigenvalue weighted by Gasteiger charge is 2.32. The summed E-state index contributed by atoms with van der Waals surface area (Å²) in [7, 11) is 0. The molecule has 1 saturated carbocycles. The molecule has 1 atom stereocenters. The minimum Gasteiger partial charge on any atom is -0.339 e. The van der Waals surface area contributed by atoms with Gasteiger partial charge < -0.3 is 10.2 Å². The van der Waals surface area contributed by atoms with Crippen molar-refractivity contribution in [3.05, 3.63) is 0 Å². The number of rotatable bonds is 3. The summed E-state index contributed by atoms with van der Waals surface area (Å²) in [5.74, 6) is 2.13. The van der Waals surface area contributed by atoms with E-state index in [2.05, 4.69) is 29.0 Å². The van der Waals surface area contributed by atoms with Gasteiger partial charge in [-0.3, -0.25) is 9.69 Å². The molecule has 22 heavy (non-hydrogen) atoms. The van der Waals surface area contributed by atoms with E-state index in [-0.39, 0.29) is 6.04 Å². The van der Waals surface area contributed by atoms with E-state index in [1.807, 2.05) is 0 Å². The predicted molar refractivity (Wildman–Crippen MR) is 89.8 cm³/mol. The Balaban J connectivity index is 1.43. The van der Waals surface area contributed by atoms with Crippen molar-refractivity contribution in [1.29, 1.82) is 0 Å². The molecule has 0 aromatic heterocycles. The predicted octanol–water partition coefficient (Wildman–Crippen LogP) is 2.10. The number of carbonyl (C=O) groups is 1. The van der Waals surface area contributed by atoms with Gasteiger partial charge in [-0.1, -0.05) is 13.8 Å². The fourth-order valence-corrected chi connectivity index (χ4v) is 4.56. The van der Waals surface area contributed by atoms with Crippen LogP contribution in [0.15, 0.2) is 0 Å². The Morgan fingerprint density at radius 2 is 1.68 bits per heavy atom. The Bertz CT molecular complexity index is 363. The summed E-state index contributed by atoms with van der Waals surface area (Å²) >= 11 is 0. The number of nitrogens with one attached hydrogen (secondary N) is 1. The Kier molecular flexibility index (Phi) is 5.40. The van der Waals surface area contributed by atoms with Gasteiger partial charge in [-0.05, 0) is 56.9 Å². The van der Waals surface area contributed by atoms with Gasteiger partial charge in [0, 0.05) is 32.2 Å². The summed E-state index contributed by atoms with van der Waals surface area (Å²) in [6.45, 7) is 9.77. The lowest BCUT2D eigenvalue weighted by molar-refractivity contribution is -0.135. The summed E-state index contributed by atoms with van der Waals surface area (Å²) in [4.78, 5) is 17.2. The number of piperazine rings is 1. The average Bonchev–Trinajstić information content (AvgIpc) is 3.09. The second kappa shape index (κ2) is 7.31. The highest BCUT2D eigenvalue weighted by molar-refractivity contribution is 5.82. The van der Waals surface area contributed by atoms with Crippen LogP contribution in [0.4, 0.5) is 0 Å². The second-order valence-corrected chi connectivity index (χ2v) is 7.82. The average molecular weight is 307 g/mol. The van der Waals surface area contributed by atoms with Crippen LogP contribution in [0.25, 0.3) is 0 Å². The van der Waals surface area contributed by atoms with E-state index in [0.717, 1.165) is 63.4 Å². The second-order valence-electron chi connectivity index (χ2n) is 7.82. The quantitative estimate of drug-likeness (QED) is 0.867. The molecule has 0 aromatic carbocycles. The van der Waals surface area contributed by atoms with Gasteiger partial charge >= 0.3 is 0 Å². The molecule has 0 radical (unpaired) electrons. The normalized spacial score (nSPS) is 34.3. The molecule has 0 spiro atoms. The van der Waals surface area contributed by atoms with E-state index in [1.54, 1.807) is 0 Å². The first-order valence-corrected chi connectivity index (χ1v) is 9.41. The number of carbonyl (C=O) groups excluding carboxylic acids is 1. The fourth-order valence-electron chi connectivity index (χ4n) is 4.56. The summed E-state index contributed by atoms with van der Waals surface area (Å²) in [6.07, 6.45) is 7.69. The minimum atomic E-state index is 0.105. The van der Waals surface area contributed by atoms with Gasteiger partial charge in [-0.25, -0.2) is 0 Å². The Labute approximate surface area is 135 Å². The largest absolute Gasteiger partial charge is 0.339 e. The van der Waals surface area contributed by atoms with Gasteiger partial charge in [0.1, 0.15) is 0 Å². The minimum absolute atomic E-state index is 0.105. The number of hydrogen-bond acceptors (Lipinski definition) is 3. The highest BCUT2D eigenvalue weighted by Crippen LogP contribution is 2.32. The van der Waals surface area contributed by atoms with Crippen molar-refractivity contribution in [1.82, 2.24) is 15.1 Å². The molecule has 0 aromatic rings. The van der Waals surface area contributed by atoms with Crippen LogP contribution in [0, 0.1) is 11.8 Å². The van der Waals surface area contributed by atoms with Gasteiger partial charge in [-0.2, -0.15) is 0 Å². The van der Waals surface area contributed by atoms with Gasteiger partial charge in [-0.15, -0.1) is 0 Å². The zero-order valence-corrected chi connectivity index (χ0v) is 14.4. The van der Waals surface area contributed by atoms with Gasteiger partial charge in [0.05, 0.1) is 6.04 Å². The standard InChI is InChI=1S/C18H33N3O/c1-14(2)15-5-7-16(8-6-15)20-10-12-21(13-11-20)18(22)17-4-3-9-19-17/h14-17,19H,3-13H2,1-2H3/t15?,16?,17-/m0/s1. The van der Waals surface area contributed by atoms with Crippen LogP contribution in [0.1, 0.15) is 52.4 Å². The first-order chi connectivity index (χ1) is 10.6. The van der Waals surface area contributed by atoms with Crippen LogP contribution >= 0.6 is 0 Å². The molecule has 2 heterocycles. The van der Waals surface area contributed by atoms with Crippen molar-refractivity contribution >= 4 is 5.91 Å². The maximum Gasteiger partial charge on any atom is 0.239 e. The molecule has 1 amide bonds. The zero-order chi connectivity index (χ0) is 15.5. The zero-order valence-electron chi connectivity index (χ0n) is 14.4. The first kappa shape index (κ1) is 16.3. The van der Waals surface area contributed by atoms with E-state index in [9.17, 15) is 4.79 Å². The third-order valence-corrected chi connectivity index (χ3v) is 6.18. The third-order valence-electron chi connectivity index (χ3n) is 6.18. The Morgan fingerprint density at radius 1 is 1.00 bits per heavy atom. The monoisotopic (exact) mass is 307 g/mol. The number of amides is 1. The topological polar surface area (TPSA) is 35.6 Å². The maximum atomic E-state index is 12.4. The van der Waals surface area contributed by atoms with Crippen molar-refractivity contribution in [2.45, 2.75) is 64.5 Å². The Morgan fingerprint density at radius 3 is 2.23 bits per heavy atom. The maximum absolute atomic E-state index is 12.4. The molecule has 2 saturated heterocycles. The molecule has 3 aliphatic rings. The lowest BCUT2D eigenvalue weighted by Gasteiger charge is -2.43. The molecule has 1 N–H and O–H groups in total. The molecule has 2 aliphatic heterocycles. The van der Waals surface area contributed by atoms with Crippen LogP contribution in [0.2, 0.25) is 0 Å². The smallest absolute Gasteiger partial charge is 0.239 e.